The van der Waals surface area contributed by atoms with Gasteiger partial charge in [0, 0.05) is 16.6 Å². The van der Waals surface area contributed by atoms with Crippen LogP contribution in [0.25, 0.3) is 6.08 Å². The number of rotatable bonds is 3. The van der Waals surface area contributed by atoms with Crippen molar-refractivity contribution in [1.82, 2.24) is 10.2 Å². The number of benzene rings is 1. The molecule has 0 bridgehead atoms. The maximum absolute atomic E-state index is 12.0. The fraction of sp³-hybridized carbons (Fsp3) is 0.0769. The second-order valence-electron chi connectivity index (χ2n) is 4.02. The van der Waals surface area contributed by atoms with Crippen LogP contribution < -0.4 is 5.32 Å². The number of nitrogens with one attached hydrogen (secondary N) is 1. The minimum atomic E-state index is -0.505. The van der Waals surface area contributed by atoms with Gasteiger partial charge in [0.05, 0.1) is 4.47 Å². The Kier molecular flexibility index (Phi) is 4.29. The summed E-state index contributed by atoms with van der Waals surface area (Å²) in [5.41, 5.74) is 0.521. The van der Waals surface area contributed by atoms with E-state index in [2.05, 4.69) is 43.8 Å². The molecule has 1 aliphatic heterocycles. The summed E-state index contributed by atoms with van der Waals surface area (Å²) in [6, 6.07) is 2.81. The van der Waals surface area contributed by atoms with Gasteiger partial charge >= 0.3 is 6.03 Å². The molecule has 1 saturated heterocycles. The molecule has 5 nitrogen and oxygen atoms in total. The van der Waals surface area contributed by atoms with E-state index in [4.69, 9.17) is 0 Å². The van der Waals surface area contributed by atoms with Crippen LogP contribution in [0.3, 0.4) is 0 Å². The van der Waals surface area contributed by atoms with Gasteiger partial charge in [0.25, 0.3) is 5.91 Å². The van der Waals surface area contributed by atoms with Gasteiger partial charge in [0.2, 0.25) is 0 Å². The Labute approximate surface area is 132 Å². The maximum atomic E-state index is 12.0. The van der Waals surface area contributed by atoms with Crippen LogP contribution in [0, 0.1) is 0 Å². The molecule has 0 spiro atoms. The average molecular weight is 402 g/mol. The van der Waals surface area contributed by atoms with Crippen molar-refractivity contribution < 1.29 is 14.7 Å². The molecule has 0 aliphatic carbocycles. The second-order valence-corrected chi connectivity index (χ2v) is 5.79. The molecule has 2 N–H and O–H groups in total. The summed E-state index contributed by atoms with van der Waals surface area (Å²) < 4.78 is 1.21. The predicted molar refractivity (Wildman–Crippen MR) is 81.9 cm³/mol. The Bertz CT molecular complexity index is 641. The third-order valence-corrected chi connectivity index (χ3v) is 3.69. The molecule has 2 rings (SSSR count). The van der Waals surface area contributed by atoms with Crippen molar-refractivity contribution in [3.8, 4) is 5.75 Å². The monoisotopic (exact) mass is 400 g/mol. The SMILES string of the molecule is C=CCN1C(=O)N/C(=C/c2cc(Br)cc(Br)c2O)C1=O. The van der Waals surface area contributed by atoms with E-state index in [0.717, 1.165) is 9.37 Å². The molecule has 0 aromatic heterocycles. The van der Waals surface area contributed by atoms with Crippen molar-refractivity contribution in [3.63, 3.8) is 0 Å². The largest absolute Gasteiger partial charge is 0.506 e. The van der Waals surface area contributed by atoms with Crippen molar-refractivity contribution in [2.24, 2.45) is 0 Å². The van der Waals surface area contributed by atoms with Gasteiger partial charge in [-0.1, -0.05) is 22.0 Å². The van der Waals surface area contributed by atoms with Gasteiger partial charge in [0.15, 0.2) is 0 Å². The summed E-state index contributed by atoms with van der Waals surface area (Å²) >= 11 is 6.50. The van der Waals surface area contributed by atoms with Gasteiger partial charge in [0.1, 0.15) is 11.4 Å². The lowest BCUT2D eigenvalue weighted by molar-refractivity contribution is -0.122. The lowest BCUT2D eigenvalue weighted by Crippen LogP contribution is -2.30. The lowest BCUT2D eigenvalue weighted by Gasteiger charge is -2.07. The first-order valence-electron chi connectivity index (χ1n) is 5.57. The van der Waals surface area contributed by atoms with Crippen LogP contribution in [0.5, 0.6) is 5.75 Å². The number of imide groups is 1. The highest BCUT2D eigenvalue weighted by atomic mass is 79.9. The van der Waals surface area contributed by atoms with Gasteiger partial charge in [-0.2, -0.15) is 0 Å². The quantitative estimate of drug-likeness (QED) is 0.464. The second kappa shape index (κ2) is 5.80. The fourth-order valence-electron chi connectivity index (χ4n) is 1.72. The number of phenols is 1. The number of urea groups is 1. The summed E-state index contributed by atoms with van der Waals surface area (Å²) in [6.45, 7) is 3.63. The van der Waals surface area contributed by atoms with Crippen LogP contribution in [-0.2, 0) is 4.79 Å². The number of carbonyl (C=O) groups excluding carboxylic acids is 2. The first-order valence-corrected chi connectivity index (χ1v) is 7.16. The van der Waals surface area contributed by atoms with Crippen molar-refractivity contribution in [2.75, 3.05) is 6.54 Å². The van der Waals surface area contributed by atoms with Crippen LogP contribution in [0.4, 0.5) is 4.79 Å². The van der Waals surface area contributed by atoms with Crippen molar-refractivity contribution in [2.45, 2.75) is 0 Å². The predicted octanol–water partition coefficient (Wildman–Crippen LogP) is 3.00. The smallest absolute Gasteiger partial charge is 0.329 e. The van der Waals surface area contributed by atoms with E-state index in [-0.39, 0.29) is 18.0 Å². The molecule has 0 unspecified atom stereocenters. The molecule has 1 heterocycles. The molecular weight excluding hydrogens is 392 g/mol. The number of aromatic hydroxyl groups is 1. The third-order valence-electron chi connectivity index (χ3n) is 2.63. The number of hydrogen-bond acceptors (Lipinski definition) is 3. The highest BCUT2D eigenvalue weighted by Crippen LogP contribution is 2.33. The van der Waals surface area contributed by atoms with Gasteiger partial charge in [-0.3, -0.25) is 9.69 Å². The van der Waals surface area contributed by atoms with E-state index in [1.807, 2.05) is 0 Å². The van der Waals surface area contributed by atoms with Crippen molar-refractivity contribution in [3.05, 3.63) is 45.0 Å². The molecule has 3 amide bonds. The minimum absolute atomic E-state index is 0.00933. The molecule has 1 aliphatic rings. The van der Waals surface area contributed by atoms with Crippen LogP contribution >= 0.6 is 31.9 Å². The zero-order valence-corrected chi connectivity index (χ0v) is 13.4. The van der Waals surface area contributed by atoms with Crippen molar-refractivity contribution >= 4 is 49.9 Å². The van der Waals surface area contributed by atoms with Crippen LogP contribution in [0.15, 0.2) is 39.4 Å². The molecular formula is C13H10Br2N2O3. The Hall–Kier alpha value is -1.60. The van der Waals surface area contributed by atoms with E-state index in [9.17, 15) is 14.7 Å². The van der Waals surface area contributed by atoms with E-state index in [1.165, 1.54) is 12.2 Å². The maximum Gasteiger partial charge on any atom is 0.329 e. The third kappa shape index (κ3) is 2.78. The van der Waals surface area contributed by atoms with Gasteiger partial charge in [-0.15, -0.1) is 6.58 Å². The van der Waals surface area contributed by atoms with E-state index in [1.54, 1.807) is 12.1 Å². The molecule has 1 aromatic rings. The number of hydrogen-bond donors (Lipinski definition) is 2. The Morgan fingerprint density at radius 3 is 2.70 bits per heavy atom. The number of carbonyl (C=O) groups is 2. The lowest BCUT2D eigenvalue weighted by atomic mass is 10.1. The fourth-order valence-corrected chi connectivity index (χ4v) is 2.98. The molecule has 1 fully saturated rings. The summed E-state index contributed by atoms with van der Waals surface area (Å²) in [6.07, 6.45) is 2.89. The zero-order chi connectivity index (χ0) is 14.9. The summed E-state index contributed by atoms with van der Waals surface area (Å²) in [5.74, 6) is -0.463. The van der Waals surface area contributed by atoms with Gasteiger partial charge in [-0.25, -0.2) is 4.79 Å². The summed E-state index contributed by atoms with van der Waals surface area (Å²) in [7, 11) is 0. The van der Waals surface area contributed by atoms with E-state index >= 15 is 0 Å². The number of nitrogens with zero attached hydrogens (tertiary/aromatic N) is 1. The van der Waals surface area contributed by atoms with Gasteiger partial charge in [-0.05, 0) is 34.1 Å². The van der Waals surface area contributed by atoms with Gasteiger partial charge < -0.3 is 10.4 Å². The van der Waals surface area contributed by atoms with E-state index in [0.29, 0.717) is 10.0 Å². The molecule has 104 valence electrons. The number of halogens is 2. The van der Waals surface area contributed by atoms with E-state index < -0.39 is 11.9 Å². The number of amides is 3. The first-order chi connectivity index (χ1) is 9.43. The summed E-state index contributed by atoms with van der Waals surface area (Å²) in [5, 5.41) is 12.4. The molecule has 0 radical (unpaired) electrons. The highest BCUT2D eigenvalue weighted by Gasteiger charge is 2.32. The Morgan fingerprint density at radius 1 is 1.35 bits per heavy atom. The average Bonchev–Trinajstić information content (AvgIpc) is 2.63. The van der Waals surface area contributed by atoms with Crippen LogP contribution in [0.2, 0.25) is 0 Å². The molecule has 20 heavy (non-hydrogen) atoms. The highest BCUT2D eigenvalue weighted by molar-refractivity contribution is 9.11. The molecule has 0 saturated carbocycles. The Morgan fingerprint density at radius 2 is 2.05 bits per heavy atom. The first kappa shape index (κ1) is 14.8. The molecule has 7 heteroatoms. The van der Waals surface area contributed by atoms with Crippen LogP contribution in [-0.4, -0.2) is 28.5 Å². The minimum Gasteiger partial charge on any atom is -0.506 e. The summed E-state index contributed by atoms with van der Waals surface area (Å²) in [4.78, 5) is 24.7. The van der Waals surface area contributed by atoms with Crippen LogP contribution in [0.1, 0.15) is 5.56 Å². The zero-order valence-electron chi connectivity index (χ0n) is 10.2. The normalized spacial score (nSPS) is 16.7. The topological polar surface area (TPSA) is 69.6 Å². The standard InChI is InChI=1S/C13H10Br2N2O3/c1-2-3-17-12(19)10(16-13(17)20)5-7-4-8(14)6-9(15)11(7)18/h2,4-6,18H,1,3H2,(H,16,20)/b10-5+. The molecule has 1 aromatic carbocycles. The molecule has 0 atom stereocenters. The number of phenolic OH excluding ortho intramolecular Hbond substituents is 1. The van der Waals surface area contributed by atoms with Crippen molar-refractivity contribution in [1.29, 1.82) is 0 Å². The Balaban J connectivity index is 2.40.